The standard InChI is InChI=1S/C12H16FN3O3S/c1-16-7-8(5-6-11(16)17)15-20(18,19)12-9(13)3-2-4-10(12)14/h2-4,8,15H,5-7,14H2,1H3. The van der Waals surface area contributed by atoms with Gasteiger partial charge in [-0.3, -0.25) is 4.79 Å². The minimum Gasteiger partial charge on any atom is -0.398 e. The van der Waals surface area contributed by atoms with Crippen molar-refractivity contribution < 1.29 is 17.6 Å². The van der Waals surface area contributed by atoms with Crippen LogP contribution in [0.25, 0.3) is 0 Å². The third-order valence-corrected chi connectivity index (χ3v) is 4.83. The van der Waals surface area contributed by atoms with Crippen LogP contribution in [0.2, 0.25) is 0 Å². The summed E-state index contributed by atoms with van der Waals surface area (Å²) in [5.74, 6) is -0.927. The predicted octanol–water partition coefficient (Wildman–Crippen LogP) is 0.307. The maximum absolute atomic E-state index is 13.7. The van der Waals surface area contributed by atoms with Gasteiger partial charge in [0.2, 0.25) is 15.9 Å². The molecule has 0 bridgehead atoms. The second-order valence-corrected chi connectivity index (χ2v) is 6.44. The summed E-state index contributed by atoms with van der Waals surface area (Å²) < 4.78 is 40.5. The lowest BCUT2D eigenvalue weighted by molar-refractivity contribution is -0.132. The monoisotopic (exact) mass is 301 g/mol. The van der Waals surface area contributed by atoms with Crippen molar-refractivity contribution in [3.63, 3.8) is 0 Å². The number of nitrogen functional groups attached to an aromatic ring is 1. The molecule has 1 unspecified atom stereocenters. The Morgan fingerprint density at radius 1 is 1.45 bits per heavy atom. The normalized spacial score (nSPS) is 20.2. The number of piperidine rings is 1. The van der Waals surface area contributed by atoms with E-state index in [1.54, 1.807) is 7.05 Å². The molecule has 0 aromatic heterocycles. The van der Waals surface area contributed by atoms with Crippen LogP contribution >= 0.6 is 0 Å². The number of sulfonamides is 1. The van der Waals surface area contributed by atoms with Crippen molar-refractivity contribution in [2.45, 2.75) is 23.8 Å². The summed E-state index contributed by atoms with van der Waals surface area (Å²) in [5, 5.41) is 0. The van der Waals surface area contributed by atoms with E-state index in [1.165, 1.54) is 17.0 Å². The molecule has 1 aromatic carbocycles. The summed E-state index contributed by atoms with van der Waals surface area (Å²) in [6.07, 6.45) is 0.646. The van der Waals surface area contributed by atoms with Crippen molar-refractivity contribution in [1.29, 1.82) is 0 Å². The van der Waals surface area contributed by atoms with Crippen LogP contribution in [0.5, 0.6) is 0 Å². The molecule has 6 nitrogen and oxygen atoms in total. The van der Waals surface area contributed by atoms with E-state index in [0.29, 0.717) is 6.42 Å². The molecule has 1 aliphatic heterocycles. The van der Waals surface area contributed by atoms with Gasteiger partial charge in [0, 0.05) is 26.1 Å². The first-order valence-corrected chi connectivity index (χ1v) is 7.60. The van der Waals surface area contributed by atoms with Gasteiger partial charge in [-0.1, -0.05) is 6.07 Å². The van der Waals surface area contributed by atoms with Gasteiger partial charge in [0.1, 0.15) is 10.7 Å². The maximum atomic E-state index is 13.7. The van der Waals surface area contributed by atoms with Crippen LogP contribution in [0.3, 0.4) is 0 Å². The maximum Gasteiger partial charge on any atom is 0.245 e. The summed E-state index contributed by atoms with van der Waals surface area (Å²) in [6, 6.07) is 3.27. The fourth-order valence-corrected chi connectivity index (χ4v) is 3.65. The van der Waals surface area contributed by atoms with Crippen molar-refractivity contribution in [2.75, 3.05) is 19.3 Å². The Kier molecular flexibility index (Phi) is 3.96. The Balaban J connectivity index is 2.22. The van der Waals surface area contributed by atoms with E-state index in [4.69, 9.17) is 5.73 Å². The molecule has 110 valence electrons. The minimum atomic E-state index is -4.05. The molecule has 1 aliphatic rings. The molecule has 0 saturated carbocycles. The van der Waals surface area contributed by atoms with E-state index in [1.807, 2.05) is 0 Å². The predicted molar refractivity (Wildman–Crippen MR) is 71.8 cm³/mol. The van der Waals surface area contributed by atoms with Crippen molar-refractivity contribution in [3.8, 4) is 0 Å². The van der Waals surface area contributed by atoms with Gasteiger partial charge in [-0.05, 0) is 18.6 Å². The number of carbonyl (C=O) groups excluding carboxylic acids is 1. The van der Waals surface area contributed by atoms with Crippen LogP contribution in [0.15, 0.2) is 23.1 Å². The molecule has 3 N–H and O–H groups in total. The first-order chi connectivity index (χ1) is 9.31. The SMILES string of the molecule is CN1CC(NS(=O)(=O)c2c(N)cccc2F)CCC1=O. The topological polar surface area (TPSA) is 92.5 Å². The van der Waals surface area contributed by atoms with Crippen molar-refractivity contribution in [3.05, 3.63) is 24.0 Å². The number of hydrogen-bond donors (Lipinski definition) is 2. The zero-order valence-electron chi connectivity index (χ0n) is 11.0. The Bertz CT molecular complexity index is 613. The number of rotatable bonds is 3. The van der Waals surface area contributed by atoms with Crippen LogP contribution in [0, 0.1) is 5.82 Å². The van der Waals surface area contributed by atoms with Crippen LogP contribution < -0.4 is 10.5 Å². The number of nitrogens with zero attached hydrogens (tertiary/aromatic N) is 1. The summed E-state index contributed by atoms with van der Waals surface area (Å²) in [5.41, 5.74) is 5.40. The van der Waals surface area contributed by atoms with E-state index >= 15 is 0 Å². The van der Waals surface area contributed by atoms with Gasteiger partial charge >= 0.3 is 0 Å². The minimum absolute atomic E-state index is 0.0362. The Morgan fingerprint density at radius 2 is 2.15 bits per heavy atom. The van der Waals surface area contributed by atoms with Gasteiger partial charge < -0.3 is 10.6 Å². The van der Waals surface area contributed by atoms with Crippen molar-refractivity contribution >= 4 is 21.6 Å². The molecule has 8 heteroatoms. The van der Waals surface area contributed by atoms with Gasteiger partial charge in [-0.25, -0.2) is 17.5 Å². The number of anilines is 1. The van der Waals surface area contributed by atoms with E-state index in [2.05, 4.69) is 4.72 Å². The first kappa shape index (κ1) is 14.7. The van der Waals surface area contributed by atoms with Crippen LogP contribution in [-0.4, -0.2) is 38.9 Å². The molecule has 1 amide bonds. The van der Waals surface area contributed by atoms with Crippen LogP contribution in [0.1, 0.15) is 12.8 Å². The quantitative estimate of drug-likeness (QED) is 0.786. The molecule has 1 atom stereocenters. The van der Waals surface area contributed by atoms with E-state index in [0.717, 1.165) is 6.07 Å². The van der Waals surface area contributed by atoms with E-state index in [9.17, 15) is 17.6 Å². The number of amides is 1. The molecular weight excluding hydrogens is 285 g/mol. The number of benzene rings is 1. The molecule has 1 heterocycles. The number of hydrogen-bond acceptors (Lipinski definition) is 4. The second kappa shape index (κ2) is 5.37. The number of halogens is 1. The molecule has 0 radical (unpaired) electrons. The zero-order chi connectivity index (χ0) is 14.9. The number of likely N-dealkylation sites (tertiary alicyclic amines) is 1. The fraction of sp³-hybridized carbons (Fsp3) is 0.417. The Labute approximate surface area is 116 Å². The fourth-order valence-electron chi connectivity index (χ4n) is 2.20. The zero-order valence-corrected chi connectivity index (χ0v) is 11.8. The van der Waals surface area contributed by atoms with Gasteiger partial charge in [0.15, 0.2) is 0 Å². The van der Waals surface area contributed by atoms with Crippen LogP contribution in [-0.2, 0) is 14.8 Å². The smallest absolute Gasteiger partial charge is 0.245 e. The molecule has 2 rings (SSSR count). The van der Waals surface area contributed by atoms with Gasteiger partial charge in [0.25, 0.3) is 0 Å². The number of likely N-dealkylation sites (N-methyl/N-ethyl adjacent to an activating group) is 1. The largest absolute Gasteiger partial charge is 0.398 e. The third-order valence-electron chi connectivity index (χ3n) is 3.21. The average molecular weight is 301 g/mol. The number of nitrogens with one attached hydrogen (secondary N) is 1. The molecule has 1 saturated heterocycles. The summed E-state index contributed by atoms with van der Waals surface area (Å²) >= 11 is 0. The summed E-state index contributed by atoms with van der Waals surface area (Å²) in [7, 11) is -2.45. The van der Waals surface area contributed by atoms with Gasteiger partial charge in [-0.15, -0.1) is 0 Å². The van der Waals surface area contributed by atoms with E-state index < -0.39 is 26.8 Å². The highest BCUT2D eigenvalue weighted by Gasteiger charge is 2.29. The first-order valence-electron chi connectivity index (χ1n) is 6.11. The molecule has 1 aromatic rings. The van der Waals surface area contributed by atoms with Crippen molar-refractivity contribution in [1.82, 2.24) is 9.62 Å². The second-order valence-electron chi connectivity index (χ2n) is 4.79. The molecule has 1 fully saturated rings. The molecule has 0 spiro atoms. The highest BCUT2D eigenvalue weighted by Crippen LogP contribution is 2.22. The van der Waals surface area contributed by atoms with Gasteiger partial charge in [0.05, 0.1) is 5.69 Å². The lowest BCUT2D eigenvalue weighted by atomic mass is 10.1. The van der Waals surface area contributed by atoms with Crippen molar-refractivity contribution in [2.24, 2.45) is 0 Å². The highest BCUT2D eigenvalue weighted by atomic mass is 32.2. The highest BCUT2D eigenvalue weighted by molar-refractivity contribution is 7.89. The lowest BCUT2D eigenvalue weighted by Crippen LogP contribution is -2.48. The lowest BCUT2D eigenvalue weighted by Gasteiger charge is -2.30. The van der Waals surface area contributed by atoms with Crippen LogP contribution in [0.4, 0.5) is 10.1 Å². The summed E-state index contributed by atoms with van der Waals surface area (Å²) in [4.78, 5) is 12.3. The van der Waals surface area contributed by atoms with Gasteiger partial charge in [-0.2, -0.15) is 0 Å². The number of carbonyl (C=O) groups is 1. The molecule has 20 heavy (non-hydrogen) atoms. The summed E-state index contributed by atoms with van der Waals surface area (Å²) in [6.45, 7) is 0.256. The average Bonchev–Trinajstić information content (AvgIpc) is 2.33. The van der Waals surface area contributed by atoms with E-state index in [-0.39, 0.29) is 24.6 Å². The molecular formula is C12H16FN3O3S. The third kappa shape index (κ3) is 2.91. The number of nitrogens with two attached hydrogens (primary N) is 1. The molecule has 0 aliphatic carbocycles. The Morgan fingerprint density at radius 3 is 2.75 bits per heavy atom. The Hall–Kier alpha value is -1.67.